The summed E-state index contributed by atoms with van der Waals surface area (Å²) in [6.45, 7) is 6.42. The van der Waals surface area contributed by atoms with Crippen molar-refractivity contribution >= 4 is 11.6 Å². The van der Waals surface area contributed by atoms with Crippen LogP contribution in [-0.4, -0.2) is 16.1 Å². The average molecular weight is 387 g/mol. The van der Waals surface area contributed by atoms with Gasteiger partial charge in [0.05, 0.1) is 6.26 Å². The molecule has 0 atom stereocenters. The Morgan fingerprint density at radius 3 is 2.38 bits per heavy atom. The fourth-order valence-electron chi connectivity index (χ4n) is 2.89. The van der Waals surface area contributed by atoms with Gasteiger partial charge in [0.25, 0.3) is 11.8 Å². The van der Waals surface area contributed by atoms with Crippen LogP contribution < -0.4 is 5.32 Å². The van der Waals surface area contributed by atoms with Crippen molar-refractivity contribution in [1.29, 1.82) is 0 Å². The van der Waals surface area contributed by atoms with Gasteiger partial charge in [-0.25, -0.2) is 0 Å². The minimum absolute atomic E-state index is 0.0436. The number of aromatic nitrogens is 2. The Morgan fingerprint density at radius 1 is 0.931 bits per heavy atom. The van der Waals surface area contributed by atoms with Gasteiger partial charge in [-0.15, -0.1) is 10.2 Å². The largest absolute Gasteiger partial charge is 0.459 e. The zero-order chi connectivity index (χ0) is 20.4. The van der Waals surface area contributed by atoms with Gasteiger partial charge in [0.1, 0.15) is 0 Å². The minimum atomic E-state index is -0.176. The number of furan rings is 1. The summed E-state index contributed by atoms with van der Waals surface area (Å²) in [6, 6.07) is 18.4. The number of anilines is 1. The van der Waals surface area contributed by atoms with Crippen LogP contribution in [0.25, 0.3) is 23.1 Å². The third-order valence-corrected chi connectivity index (χ3v) is 4.54. The van der Waals surface area contributed by atoms with Gasteiger partial charge >= 0.3 is 0 Å². The number of hydrogen-bond acceptors (Lipinski definition) is 5. The highest BCUT2D eigenvalue weighted by molar-refractivity contribution is 6.04. The van der Waals surface area contributed by atoms with Crippen LogP contribution in [0.15, 0.2) is 75.8 Å². The SMILES string of the molecule is CC(C)(C)c1ccc(C(=O)Nc2cccc(-c3nnc(-c4ccco4)o3)c2)cc1. The summed E-state index contributed by atoms with van der Waals surface area (Å²) in [5, 5.41) is 11.0. The normalized spacial score (nSPS) is 11.4. The van der Waals surface area contributed by atoms with Crippen LogP contribution in [0.5, 0.6) is 0 Å². The second-order valence-electron chi connectivity index (χ2n) is 7.75. The molecule has 0 aliphatic carbocycles. The lowest BCUT2D eigenvalue weighted by Gasteiger charge is -2.19. The lowest BCUT2D eigenvalue weighted by atomic mass is 9.87. The second-order valence-corrected chi connectivity index (χ2v) is 7.75. The topological polar surface area (TPSA) is 81.2 Å². The number of rotatable bonds is 4. The third kappa shape index (κ3) is 4.11. The maximum absolute atomic E-state index is 12.6. The van der Waals surface area contributed by atoms with E-state index in [1.807, 2.05) is 42.5 Å². The number of nitrogens with zero attached hydrogens (tertiary/aromatic N) is 2. The summed E-state index contributed by atoms with van der Waals surface area (Å²) in [7, 11) is 0. The maximum atomic E-state index is 12.6. The molecule has 29 heavy (non-hydrogen) atoms. The van der Waals surface area contributed by atoms with E-state index >= 15 is 0 Å². The predicted molar refractivity (Wildman–Crippen MR) is 111 cm³/mol. The van der Waals surface area contributed by atoms with Gasteiger partial charge in [-0.05, 0) is 53.4 Å². The molecule has 0 aliphatic heterocycles. The highest BCUT2D eigenvalue weighted by atomic mass is 16.4. The first-order valence-electron chi connectivity index (χ1n) is 9.30. The quantitative estimate of drug-likeness (QED) is 0.497. The Labute approximate surface area is 168 Å². The molecule has 146 valence electrons. The number of carbonyl (C=O) groups excluding carboxylic acids is 1. The average Bonchev–Trinajstić information content (AvgIpc) is 3.39. The van der Waals surface area contributed by atoms with E-state index in [2.05, 4.69) is 36.3 Å². The van der Waals surface area contributed by atoms with Gasteiger partial charge in [0.15, 0.2) is 5.76 Å². The highest BCUT2D eigenvalue weighted by Crippen LogP contribution is 2.26. The Morgan fingerprint density at radius 2 is 1.69 bits per heavy atom. The van der Waals surface area contributed by atoms with Gasteiger partial charge in [-0.2, -0.15) is 0 Å². The monoisotopic (exact) mass is 387 g/mol. The van der Waals surface area contributed by atoms with Crippen LogP contribution in [0.4, 0.5) is 5.69 Å². The maximum Gasteiger partial charge on any atom is 0.283 e. The Kier molecular flexibility index (Phi) is 4.76. The molecule has 6 nitrogen and oxygen atoms in total. The van der Waals surface area contributed by atoms with Crippen molar-refractivity contribution in [2.24, 2.45) is 0 Å². The molecule has 0 radical (unpaired) electrons. The molecule has 0 saturated carbocycles. The van der Waals surface area contributed by atoms with Crippen molar-refractivity contribution in [1.82, 2.24) is 10.2 Å². The number of nitrogens with one attached hydrogen (secondary N) is 1. The van der Waals surface area contributed by atoms with Crippen LogP contribution in [0.3, 0.4) is 0 Å². The molecule has 2 heterocycles. The molecule has 0 saturated heterocycles. The molecule has 2 aromatic heterocycles. The van der Waals surface area contributed by atoms with Crippen molar-refractivity contribution in [3.63, 3.8) is 0 Å². The zero-order valence-corrected chi connectivity index (χ0v) is 16.5. The Hall–Kier alpha value is -3.67. The summed E-state index contributed by atoms with van der Waals surface area (Å²) in [5.74, 6) is 0.983. The molecule has 6 heteroatoms. The zero-order valence-electron chi connectivity index (χ0n) is 16.5. The predicted octanol–water partition coefficient (Wildman–Crippen LogP) is 5.55. The van der Waals surface area contributed by atoms with Crippen molar-refractivity contribution in [2.45, 2.75) is 26.2 Å². The fraction of sp³-hybridized carbons (Fsp3) is 0.174. The highest BCUT2D eigenvalue weighted by Gasteiger charge is 2.15. The van der Waals surface area contributed by atoms with E-state index in [0.717, 1.165) is 0 Å². The van der Waals surface area contributed by atoms with E-state index in [1.165, 1.54) is 5.56 Å². The lowest BCUT2D eigenvalue weighted by molar-refractivity contribution is 0.102. The lowest BCUT2D eigenvalue weighted by Crippen LogP contribution is -2.14. The Balaban J connectivity index is 1.51. The van der Waals surface area contributed by atoms with E-state index in [-0.39, 0.29) is 11.3 Å². The van der Waals surface area contributed by atoms with E-state index in [9.17, 15) is 4.79 Å². The van der Waals surface area contributed by atoms with E-state index in [0.29, 0.717) is 34.4 Å². The first kappa shape index (κ1) is 18.7. The number of amides is 1. The van der Waals surface area contributed by atoms with Crippen LogP contribution in [-0.2, 0) is 5.41 Å². The van der Waals surface area contributed by atoms with Crippen LogP contribution in [0, 0.1) is 0 Å². The van der Waals surface area contributed by atoms with Crippen LogP contribution in [0.2, 0.25) is 0 Å². The standard InChI is InChI=1S/C23H21N3O3/c1-23(2,3)17-11-9-15(10-12-17)20(27)24-18-7-4-6-16(14-18)21-25-26-22(29-21)19-8-5-13-28-19/h4-14H,1-3H3,(H,24,27). The van der Waals surface area contributed by atoms with Crippen molar-refractivity contribution < 1.29 is 13.6 Å². The fourth-order valence-corrected chi connectivity index (χ4v) is 2.89. The first-order valence-corrected chi connectivity index (χ1v) is 9.30. The molecule has 0 fully saturated rings. The van der Waals surface area contributed by atoms with Gasteiger partial charge in [-0.3, -0.25) is 4.79 Å². The molecule has 4 aromatic rings. The molecular formula is C23H21N3O3. The van der Waals surface area contributed by atoms with E-state index < -0.39 is 0 Å². The summed E-state index contributed by atoms with van der Waals surface area (Å²) >= 11 is 0. The minimum Gasteiger partial charge on any atom is -0.459 e. The molecule has 0 bridgehead atoms. The van der Waals surface area contributed by atoms with Gasteiger partial charge in [-0.1, -0.05) is 39.0 Å². The van der Waals surface area contributed by atoms with E-state index in [4.69, 9.17) is 8.83 Å². The van der Waals surface area contributed by atoms with Crippen molar-refractivity contribution in [3.05, 3.63) is 78.1 Å². The second kappa shape index (κ2) is 7.39. The molecule has 0 unspecified atom stereocenters. The molecule has 4 rings (SSSR count). The number of benzene rings is 2. The first-order chi connectivity index (χ1) is 13.9. The summed E-state index contributed by atoms with van der Waals surface area (Å²) < 4.78 is 10.9. The summed E-state index contributed by atoms with van der Waals surface area (Å²) in [4.78, 5) is 12.6. The van der Waals surface area contributed by atoms with Crippen LogP contribution in [0.1, 0.15) is 36.7 Å². The third-order valence-electron chi connectivity index (χ3n) is 4.54. The van der Waals surface area contributed by atoms with Gasteiger partial charge in [0, 0.05) is 16.8 Å². The molecular weight excluding hydrogens is 366 g/mol. The molecule has 2 aromatic carbocycles. The summed E-state index contributed by atoms with van der Waals surface area (Å²) in [6.07, 6.45) is 1.55. The van der Waals surface area contributed by atoms with Crippen LogP contribution >= 0.6 is 0 Å². The smallest absolute Gasteiger partial charge is 0.283 e. The molecule has 1 N–H and O–H groups in total. The van der Waals surface area contributed by atoms with Gasteiger partial charge in [0.2, 0.25) is 5.89 Å². The molecule has 0 aliphatic rings. The van der Waals surface area contributed by atoms with Crippen molar-refractivity contribution in [2.75, 3.05) is 5.32 Å². The number of hydrogen-bond donors (Lipinski definition) is 1. The van der Waals surface area contributed by atoms with Crippen molar-refractivity contribution in [3.8, 4) is 23.1 Å². The number of carbonyl (C=O) groups is 1. The van der Waals surface area contributed by atoms with E-state index in [1.54, 1.807) is 24.5 Å². The summed E-state index contributed by atoms with van der Waals surface area (Å²) in [5.41, 5.74) is 3.17. The Bertz CT molecular complexity index is 1120. The molecule has 1 amide bonds. The van der Waals surface area contributed by atoms with Gasteiger partial charge < -0.3 is 14.2 Å². The molecule has 0 spiro atoms.